The number of nitrogens with zero attached hydrogens (tertiary/aromatic N) is 3. The van der Waals surface area contributed by atoms with E-state index in [1.54, 1.807) is 15.6 Å². The SMILES string of the molecule is CC(C)(C)OC(=O)N1CC=C(c2cc3nn(COCC[Si](C)(C)C)cc3cc2F)CC1. The van der Waals surface area contributed by atoms with Crippen LogP contribution >= 0.6 is 0 Å². The Hall–Kier alpha value is -2.19. The minimum Gasteiger partial charge on any atom is -0.444 e. The molecule has 0 saturated heterocycles. The van der Waals surface area contributed by atoms with Gasteiger partial charge in [-0.25, -0.2) is 13.9 Å². The fourth-order valence-electron chi connectivity index (χ4n) is 3.35. The molecular weight excluding hydrogens is 413 g/mol. The number of hydrogen-bond acceptors (Lipinski definition) is 4. The lowest BCUT2D eigenvalue weighted by atomic mass is 9.98. The molecule has 1 amide bonds. The van der Waals surface area contributed by atoms with E-state index in [0.29, 0.717) is 38.4 Å². The standard InChI is InChI=1S/C23H34FN3O3Si/c1-23(2,3)30-22(28)26-9-7-17(8-10-26)19-14-21-18(13-20(19)24)15-27(25-21)16-29-11-12-31(4,5)6/h7,13-15H,8-12,16H2,1-6H3. The summed E-state index contributed by atoms with van der Waals surface area (Å²) in [7, 11) is -1.13. The van der Waals surface area contributed by atoms with Crippen LogP contribution in [0.1, 0.15) is 32.8 Å². The molecule has 0 radical (unpaired) electrons. The van der Waals surface area contributed by atoms with Gasteiger partial charge in [0.15, 0.2) is 0 Å². The predicted octanol–water partition coefficient (Wildman–Crippen LogP) is 5.51. The van der Waals surface area contributed by atoms with E-state index in [1.807, 2.05) is 33.0 Å². The Morgan fingerprint density at radius 3 is 2.61 bits per heavy atom. The third-order valence-corrected chi connectivity index (χ3v) is 6.77. The Morgan fingerprint density at radius 2 is 2.00 bits per heavy atom. The molecule has 0 unspecified atom stereocenters. The first kappa shape index (κ1) is 23.5. The zero-order valence-corrected chi connectivity index (χ0v) is 20.5. The number of ether oxygens (including phenoxy) is 2. The summed E-state index contributed by atoms with van der Waals surface area (Å²) in [6.45, 7) is 14.5. The summed E-state index contributed by atoms with van der Waals surface area (Å²) in [6.07, 6.45) is 3.94. The highest BCUT2D eigenvalue weighted by molar-refractivity contribution is 6.76. The fraction of sp³-hybridized carbons (Fsp3) is 0.565. The van der Waals surface area contributed by atoms with Gasteiger partial charge in [-0.2, -0.15) is 5.10 Å². The molecule has 170 valence electrons. The summed E-state index contributed by atoms with van der Waals surface area (Å²) < 4.78 is 27.7. The average Bonchev–Trinajstić information content (AvgIpc) is 3.04. The number of rotatable bonds is 6. The van der Waals surface area contributed by atoms with E-state index >= 15 is 0 Å². The van der Waals surface area contributed by atoms with E-state index in [-0.39, 0.29) is 11.9 Å². The highest BCUT2D eigenvalue weighted by Gasteiger charge is 2.25. The Balaban J connectivity index is 1.67. The molecule has 6 nitrogen and oxygen atoms in total. The van der Waals surface area contributed by atoms with Crippen molar-refractivity contribution in [1.82, 2.24) is 14.7 Å². The lowest BCUT2D eigenvalue weighted by molar-refractivity contribution is 0.0270. The van der Waals surface area contributed by atoms with Crippen molar-refractivity contribution in [3.63, 3.8) is 0 Å². The molecule has 3 rings (SSSR count). The molecule has 1 aromatic heterocycles. The van der Waals surface area contributed by atoms with Crippen LogP contribution in [0.3, 0.4) is 0 Å². The first-order valence-electron chi connectivity index (χ1n) is 10.8. The third kappa shape index (κ3) is 6.64. The molecule has 0 N–H and O–H groups in total. The Kier molecular flexibility index (Phi) is 6.91. The van der Waals surface area contributed by atoms with Crippen molar-refractivity contribution in [3.05, 3.63) is 35.8 Å². The molecule has 0 atom stereocenters. The second kappa shape index (κ2) is 9.12. The minimum atomic E-state index is -1.13. The van der Waals surface area contributed by atoms with Crippen molar-refractivity contribution < 1.29 is 18.7 Å². The first-order chi connectivity index (χ1) is 14.4. The maximum atomic E-state index is 14.8. The quantitative estimate of drug-likeness (QED) is 0.433. The fourth-order valence-corrected chi connectivity index (χ4v) is 4.11. The van der Waals surface area contributed by atoms with Crippen LogP contribution in [0.15, 0.2) is 24.4 Å². The molecule has 8 heteroatoms. The smallest absolute Gasteiger partial charge is 0.410 e. The van der Waals surface area contributed by atoms with E-state index in [2.05, 4.69) is 24.7 Å². The molecule has 1 aliphatic rings. The van der Waals surface area contributed by atoms with E-state index in [9.17, 15) is 9.18 Å². The third-order valence-electron chi connectivity index (χ3n) is 5.07. The number of halogens is 1. The first-order valence-corrected chi connectivity index (χ1v) is 14.5. The van der Waals surface area contributed by atoms with Crippen molar-refractivity contribution in [3.8, 4) is 0 Å². The molecule has 2 heterocycles. The van der Waals surface area contributed by atoms with Gasteiger partial charge in [0, 0.05) is 44.9 Å². The van der Waals surface area contributed by atoms with Crippen LogP contribution in [0.2, 0.25) is 25.7 Å². The van der Waals surface area contributed by atoms with Gasteiger partial charge in [-0.05, 0) is 50.9 Å². The molecule has 31 heavy (non-hydrogen) atoms. The predicted molar refractivity (Wildman–Crippen MR) is 124 cm³/mol. The molecule has 0 spiro atoms. The van der Waals surface area contributed by atoms with Crippen LogP contribution in [0.4, 0.5) is 9.18 Å². The zero-order valence-electron chi connectivity index (χ0n) is 19.5. The van der Waals surface area contributed by atoms with Gasteiger partial charge in [-0.1, -0.05) is 25.7 Å². The lowest BCUT2D eigenvalue weighted by Crippen LogP contribution is -2.39. The summed E-state index contributed by atoms with van der Waals surface area (Å²) in [5.41, 5.74) is 1.64. The van der Waals surface area contributed by atoms with Crippen LogP contribution in [0.5, 0.6) is 0 Å². The number of carbonyl (C=O) groups excluding carboxylic acids is 1. The van der Waals surface area contributed by atoms with Gasteiger partial charge >= 0.3 is 6.09 Å². The van der Waals surface area contributed by atoms with E-state index in [1.165, 1.54) is 6.07 Å². The molecule has 0 saturated carbocycles. The topological polar surface area (TPSA) is 56.6 Å². The van der Waals surface area contributed by atoms with Crippen molar-refractivity contribution in [2.24, 2.45) is 0 Å². The molecule has 0 fully saturated rings. The van der Waals surface area contributed by atoms with Crippen LogP contribution in [-0.2, 0) is 16.2 Å². The second-order valence-corrected chi connectivity index (χ2v) is 15.9. The van der Waals surface area contributed by atoms with Crippen molar-refractivity contribution in [2.75, 3.05) is 19.7 Å². The van der Waals surface area contributed by atoms with Crippen molar-refractivity contribution >= 4 is 30.6 Å². The van der Waals surface area contributed by atoms with Crippen LogP contribution < -0.4 is 0 Å². The lowest BCUT2D eigenvalue weighted by Gasteiger charge is -2.29. The number of aromatic nitrogens is 2. The summed E-state index contributed by atoms with van der Waals surface area (Å²) in [6, 6.07) is 4.41. The normalized spacial score (nSPS) is 15.3. The highest BCUT2D eigenvalue weighted by atomic mass is 28.3. The second-order valence-electron chi connectivity index (χ2n) is 10.3. The number of benzene rings is 1. The van der Waals surface area contributed by atoms with Crippen molar-refractivity contribution in [1.29, 1.82) is 0 Å². The monoisotopic (exact) mass is 447 g/mol. The minimum absolute atomic E-state index is 0.274. The van der Waals surface area contributed by atoms with Gasteiger partial charge in [0.2, 0.25) is 0 Å². The largest absolute Gasteiger partial charge is 0.444 e. The molecule has 2 aromatic rings. The van der Waals surface area contributed by atoms with Crippen LogP contribution in [0.25, 0.3) is 16.5 Å². The number of amides is 1. The molecule has 1 aliphatic heterocycles. The van der Waals surface area contributed by atoms with E-state index in [4.69, 9.17) is 9.47 Å². The summed E-state index contributed by atoms with van der Waals surface area (Å²) in [5.74, 6) is -0.274. The Labute approximate surface area is 185 Å². The van der Waals surface area contributed by atoms with E-state index in [0.717, 1.165) is 22.5 Å². The van der Waals surface area contributed by atoms with Gasteiger partial charge in [-0.15, -0.1) is 0 Å². The van der Waals surface area contributed by atoms with Gasteiger partial charge in [-0.3, -0.25) is 0 Å². The number of hydrogen-bond donors (Lipinski definition) is 0. The highest BCUT2D eigenvalue weighted by Crippen LogP contribution is 2.28. The summed E-state index contributed by atoms with van der Waals surface area (Å²) >= 11 is 0. The van der Waals surface area contributed by atoms with Crippen LogP contribution in [-0.4, -0.2) is 54.1 Å². The van der Waals surface area contributed by atoms with Gasteiger partial charge in [0.25, 0.3) is 0 Å². The van der Waals surface area contributed by atoms with E-state index < -0.39 is 13.7 Å². The molecular formula is C23H34FN3O3Si. The van der Waals surface area contributed by atoms with Gasteiger partial charge in [0.05, 0.1) is 5.52 Å². The number of carbonyl (C=O) groups is 1. The Bertz CT molecular complexity index is 973. The van der Waals surface area contributed by atoms with Gasteiger partial charge < -0.3 is 14.4 Å². The maximum absolute atomic E-state index is 14.8. The maximum Gasteiger partial charge on any atom is 0.410 e. The Morgan fingerprint density at radius 1 is 1.26 bits per heavy atom. The zero-order chi connectivity index (χ0) is 22.8. The molecule has 0 bridgehead atoms. The average molecular weight is 448 g/mol. The molecule has 1 aromatic carbocycles. The molecule has 0 aliphatic carbocycles. The number of fused-ring (bicyclic) bond motifs is 1. The van der Waals surface area contributed by atoms with Crippen molar-refractivity contribution in [2.45, 2.75) is 65.2 Å². The summed E-state index contributed by atoms with van der Waals surface area (Å²) in [4.78, 5) is 13.9. The van der Waals surface area contributed by atoms with Gasteiger partial charge in [0.1, 0.15) is 18.1 Å². The summed E-state index contributed by atoms with van der Waals surface area (Å²) in [5, 5.41) is 5.30. The van der Waals surface area contributed by atoms with Crippen LogP contribution in [0, 0.1) is 5.82 Å².